The van der Waals surface area contributed by atoms with Crippen molar-refractivity contribution in [1.29, 1.82) is 0 Å². The number of fused-ring (bicyclic) bond motifs is 1. The topological polar surface area (TPSA) is 77.6 Å². The minimum Gasteiger partial charge on any atom is -0.351 e. The molecule has 2 aromatic heterocycles. The molecule has 126 valence electrons. The summed E-state index contributed by atoms with van der Waals surface area (Å²) in [5, 5.41) is 12.5. The van der Waals surface area contributed by atoms with Crippen LogP contribution in [0.3, 0.4) is 0 Å². The Morgan fingerprint density at radius 3 is 2.71 bits per heavy atom. The highest BCUT2D eigenvalue weighted by molar-refractivity contribution is 6.05. The number of hydrogen-bond acceptors (Lipinski definition) is 4. The van der Waals surface area contributed by atoms with E-state index in [-0.39, 0.29) is 5.91 Å². The van der Waals surface area contributed by atoms with Gasteiger partial charge in [-0.3, -0.25) is 14.2 Å². The van der Waals surface area contributed by atoms with Crippen molar-refractivity contribution in [3.05, 3.63) is 41.1 Å². The SMILES string of the molecule is Cc1ccc2c(c1)c(C(=O)NCCCn1nc(C)nc1C)nn2C. The molecule has 0 saturated carbocycles. The maximum absolute atomic E-state index is 12.4. The molecule has 0 spiro atoms. The van der Waals surface area contributed by atoms with E-state index < -0.39 is 0 Å². The molecule has 0 saturated heterocycles. The minimum absolute atomic E-state index is 0.141. The maximum atomic E-state index is 12.4. The van der Waals surface area contributed by atoms with E-state index in [9.17, 15) is 4.79 Å². The molecule has 0 radical (unpaired) electrons. The van der Waals surface area contributed by atoms with Gasteiger partial charge in [0.15, 0.2) is 5.69 Å². The predicted octanol–water partition coefficient (Wildman–Crippen LogP) is 1.91. The molecule has 0 unspecified atom stereocenters. The Morgan fingerprint density at radius 2 is 2.00 bits per heavy atom. The largest absolute Gasteiger partial charge is 0.351 e. The van der Waals surface area contributed by atoms with Gasteiger partial charge in [-0.1, -0.05) is 11.6 Å². The van der Waals surface area contributed by atoms with E-state index in [1.54, 1.807) is 4.68 Å². The Balaban J connectivity index is 1.63. The van der Waals surface area contributed by atoms with Gasteiger partial charge in [0, 0.05) is 25.5 Å². The average Bonchev–Trinajstić information content (AvgIpc) is 3.02. The minimum atomic E-state index is -0.141. The molecule has 3 rings (SSSR count). The van der Waals surface area contributed by atoms with Crippen LogP contribution in [0, 0.1) is 20.8 Å². The number of rotatable bonds is 5. The Kier molecular flexibility index (Phi) is 4.33. The predicted molar refractivity (Wildman–Crippen MR) is 91.9 cm³/mol. The molecule has 1 N–H and O–H groups in total. The zero-order valence-corrected chi connectivity index (χ0v) is 14.5. The number of carbonyl (C=O) groups is 1. The van der Waals surface area contributed by atoms with E-state index in [4.69, 9.17) is 0 Å². The van der Waals surface area contributed by atoms with Gasteiger partial charge < -0.3 is 5.32 Å². The quantitative estimate of drug-likeness (QED) is 0.727. The van der Waals surface area contributed by atoms with Crippen LogP contribution < -0.4 is 5.32 Å². The van der Waals surface area contributed by atoms with Crippen molar-refractivity contribution < 1.29 is 4.79 Å². The van der Waals surface area contributed by atoms with Gasteiger partial charge in [0.25, 0.3) is 5.91 Å². The third kappa shape index (κ3) is 3.15. The molecule has 0 bridgehead atoms. The van der Waals surface area contributed by atoms with Crippen LogP contribution >= 0.6 is 0 Å². The van der Waals surface area contributed by atoms with Gasteiger partial charge in [0.2, 0.25) is 0 Å². The molecular formula is C17H22N6O. The van der Waals surface area contributed by atoms with E-state index in [2.05, 4.69) is 20.5 Å². The lowest BCUT2D eigenvalue weighted by Crippen LogP contribution is -2.26. The number of nitrogens with one attached hydrogen (secondary N) is 1. The van der Waals surface area contributed by atoms with Crippen molar-refractivity contribution in [1.82, 2.24) is 29.9 Å². The first-order valence-corrected chi connectivity index (χ1v) is 8.05. The van der Waals surface area contributed by atoms with Gasteiger partial charge in [0.1, 0.15) is 11.6 Å². The molecule has 0 aliphatic heterocycles. The molecule has 24 heavy (non-hydrogen) atoms. The van der Waals surface area contributed by atoms with E-state index in [0.717, 1.165) is 41.1 Å². The zero-order chi connectivity index (χ0) is 17.3. The van der Waals surface area contributed by atoms with Gasteiger partial charge in [-0.25, -0.2) is 4.98 Å². The van der Waals surface area contributed by atoms with Crippen LogP contribution in [-0.2, 0) is 13.6 Å². The number of nitrogens with zero attached hydrogens (tertiary/aromatic N) is 5. The highest BCUT2D eigenvalue weighted by atomic mass is 16.1. The van der Waals surface area contributed by atoms with Crippen molar-refractivity contribution in [2.75, 3.05) is 6.54 Å². The average molecular weight is 326 g/mol. The molecular weight excluding hydrogens is 304 g/mol. The van der Waals surface area contributed by atoms with Crippen molar-refractivity contribution in [2.24, 2.45) is 7.05 Å². The summed E-state index contributed by atoms with van der Waals surface area (Å²) in [6.45, 7) is 7.12. The lowest BCUT2D eigenvalue weighted by molar-refractivity contribution is 0.0948. The molecule has 0 aliphatic carbocycles. The first-order chi connectivity index (χ1) is 11.5. The number of benzene rings is 1. The fourth-order valence-corrected chi connectivity index (χ4v) is 2.83. The number of aromatic nitrogens is 5. The molecule has 1 amide bonds. The molecule has 0 fully saturated rings. The fourth-order valence-electron chi connectivity index (χ4n) is 2.83. The summed E-state index contributed by atoms with van der Waals surface area (Å²) in [5.41, 5.74) is 2.55. The lowest BCUT2D eigenvalue weighted by Gasteiger charge is -2.05. The first kappa shape index (κ1) is 16.2. The van der Waals surface area contributed by atoms with Crippen molar-refractivity contribution >= 4 is 16.8 Å². The summed E-state index contributed by atoms with van der Waals surface area (Å²) in [4.78, 5) is 16.7. The summed E-state index contributed by atoms with van der Waals surface area (Å²) >= 11 is 0. The Morgan fingerprint density at radius 1 is 1.21 bits per heavy atom. The molecule has 3 aromatic rings. The first-order valence-electron chi connectivity index (χ1n) is 8.05. The van der Waals surface area contributed by atoms with Gasteiger partial charge in [0.05, 0.1) is 5.52 Å². The third-order valence-corrected chi connectivity index (χ3v) is 4.02. The van der Waals surface area contributed by atoms with Crippen LogP contribution in [0.2, 0.25) is 0 Å². The molecule has 1 aromatic carbocycles. The van der Waals surface area contributed by atoms with Crippen LogP contribution in [0.1, 0.15) is 34.1 Å². The summed E-state index contributed by atoms with van der Waals surface area (Å²) in [7, 11) is 1.85. The third-order valence-electron chi connectivity index (χ3n) is 4.02. The zero-order valence-electron chi connectivity index (χ0n) is 14.5. The highest BCUT2D eigenvalue weighted by Gasteiger charge is 2.15. The van der Waals surface area contributed by atoms with Gasteiger partial charge in [-0.15, -0.1) is 0 Å². The van der Waals surface area contributed by atoms with Crippen LogP contribution in [-0.4, -0.2) is 37.0 Å². The fraction of sp³-hybridized carbons (Fsp3) is 0.412. The summed E-state index contributed by atoms with van der Waals surface area (Å²) in [6.07, 6.45) is 0.791. The van der Waals surface area contributed by atoms with Gasteiger partial charge in [-0.2, -0.15) is 10.2 Å². The summed E-state index contributed by atoms with van der Waals surface area (Å²) in [5.74, 6) is 1.52. The smallest absolute Gasteiger partial charge is 0.272 e. The second-order valence-corrected chi connectivity index (χ2v) is 6.03. The standard InChI is InChI=1S/C17H22N6O/c1-11-6-7-15-14(10-11)16(21-22(15)4)17(24)18-8-5-9-23-13(3)19-12(2)20-23/h6-7,10H,5,8-9H2,1-4H3,(H,18,24). The Labute approximate surface area is 140 Å². The second-order valence-electron chi connectivity index (χ2n) is 6.03. The Hall–Kier alpha value is -2.70. The van der Waals surface area contributed by atoms with E-state index in [1.807, 2.05) is 50.7 Å². The van der Waals surface area contributed by atoms with Crippen molar-refractivity contribution in [3.63, 3.8) is 0 Å². The number of carbonyl (C=O) groups excluding carboxylic acids is 1. The molecule has 7 nitrogen and oxygen atoms in total. The Bertz CT molecular complexity index is 892. The second kappa shape index (κ2) is 6.43. The number of hydrogen-bond donors (Lipinski definition) is 1. The lowest BCUT2D eigenvalue weighted by atomic mass is 10.1. The van der Waals surface area contributed by atoms with Gasteiger partial charge >= 0.3 is 0 Å². The molecule has 7 heteroatoms. The summed E-state index contributed by atoms with van der Waals surface area (Å²) < 4.78 is 3.60. The van der Waals surface area contributed by atoms with E-state index in [1.165, 1.54) is 0 Å². The molecule has 2 heterocycles. The van der Waals surface area contributed by atoms with Crippen LogP contribution in [0.4, 0.5) is 0 Å². The summed E-state index contributed by atoms with van der Waals surface area (Å²) in [6, 6.07) is 6.01. The normalized spacial score (nSPS) is 11.2. The van der Waals surface area contributed by atoms with Crippen molar-refractivity contribution in [2.45, 2.75) is 33.7 Å². The van der Waals surface area contributed by atoms with Gasteiger partial charge in [-0.05, 0) is 39.3 Å². The van der Waals surface area contributed by atoms with Crippen LogP contribution in [0.25, 0.3) is 10.9 Å². The van der Waals surface area contributed by atoms with Crippen molar-refractivity contribution in [3.8, 4) is 0 Å². The maximum Gasteiger partial charge on any atom is 0.272 e. The molecule has 0 atom stereocenters. The van der Waals surface area contributed by atoms with E-state index >= 15 is 0 Å². The van der Waals surface area contributed by atoms with Crippen LogP contribution in [0.15, 0.2) is 18.2 Å². The van der Waals surface area contributed by atoms with Crippen LogP contribution in [0.5, 0.6) is 0 Å². The van der Waals surface area contributed by atoms with E-state index in [0.29, 0.717) is 12.2 Å². The number of amides is 1. The number of aryl methyl sites for hydroxylation is 5. The molecule has 0 aliphatic rings. The highest BCUT2D eigenvalue weighted by Crippen LogP contribution is 2.19. The monoisotopic (exact) mass is 326 g/mol.